The molecular weight excluding hydrogens is 288 g/mol. The van der Waals surface area contributed by atoms with Crippen molar-refractivity contribution >= 4 is 22.9 Å². The second kappa shape index (κ2) is 6.99. The minimum atomic E-state index is -0.235. The Morgan fingerprint density at radius 2 is 2.14 bits per heavy atom. The third kappa shape index (κ3) is 3.66. The normalized spacial score (nSPS) is 10.2. The molecule has 0 fully saturated rings. The maximum Gasteiger partial charge on any atom is 0.253 e. The van der Waals surface area contributed by atoms with Crippen LogP contribution >= 0.6 is 11.3 Å². The lowest BCUT2D eigenvalue weighted by Gasteiger charge is -2.12. The number of thiophene rings is 1. The van der Waals surface area contributed by atoms with E-state index in [1.807, 2.05) is 17.5 Å². The fourth-order valence-corrected chi connectivity index (χ4v) is 2.63. The molecular formula is C15H18N2O3S. The summed E-state index contributed by atoms with van der Waals surface area (Å²) in [5, 5.41) is 4.87. The average Bonchev–Trinajstić information content (AvgIpc) is 3.00. The van der Waals surface area contributed by atoms with Gasteiger partial charge in [-0.05, 0) is 23.9 Å². The Morgan fingerprint density at radius 3 is 2.76 bits per heavy atom. The highest BCUT2D eigenvalue weighted by Crippen LogP contribution is 2.30. The molecule has 3 N–H and O–H groups in total. The van der Waals surface area contributed by atoms with Crippen LogP contribution in [-0.4, -0.2) is 26.7 Å². The molecule has 6 heteroatoms. The molecule has 2 aromatic rings. The Hall–Kier alpha value is -2.21. The maximum atomic E-state index is 12.2. The molecule has 0 saturated heterocycles. The van der Waals surface area contributed by atoms with Crippen molar-refractivity contribution in [3.05, 3.63) is 40.1 Å². The molecule has 0 aliphatic heterocycles. The van der Waals surface area contributed by atoms with Crippen molar-refractivity contribution in [2.45, 2.75) is 6.42 Å². The fraction of sp³-hybridized carbons (Fsp3) is 0.267. The van der Waals surface area contributed by atoms with E-state index in [4.69, 9.17) is 15.2 Å². The van der Waals surface area contributed by atoms with Crippen LogP contribution in [0.4, 0.5) is 5.69 Å². The van der Waals surface area contributed by atoms with Gasteiger partial charge in [0.1, 0.15) is 11.5 Å². The number of rotatable bonds is 6. The van der Waals surface area contributed by atoms with Crippen molar-refractivity contribution in [1.29, 1.82) is 0 Å². The number of nitrogen functional groups attached to an aromatic ring is 1. The van der Waals surface area contributed by atoms with Gasteiger partial charge < -0.3 is 20.5 Å². The molecule has 0 bridgehead atoms. The van der Waals surface area contributed by atoms with Gasteiger partial charge in [0, 0.05) is 17.5 Å². The summed E-state index contributed by atoms with van der Waals surface area (Å²) in [7, 11) is 3.03. The van der Waals surface area contributed by atoms with E-state index in [0.29, 0.717) is 29.3 Å². The minimum Gasteiger partial charge on any atom is -0.497 e. The summed E-state index contributed by atoms with van der Waals surface area (Å²) >= 11 is 1.67. The van der Waals surface area contributed by atoms with Gasteiger partial charge in [-0.25, -0.2) is 0 Å². The van der Waals surface area contributed by atoms with Crippen LogP contribution in [0.25, 0.3) is 0 Å². The first kappa shape index (κ1) is 15.2. The van der Waals surface area contributed by atoms with Crippen molar-refractivity contribution in [2.24, 2.45) is 0 Å². The van der Waals surface area contributed by atoms with Gasteiger partial charge in [-0.2, -0.15) is 0 Å². The number of hydrogen-bond acceptors (Lipinski definition) is 5. The largest absolute Gasteiger partial charge is 0.497 e. The number of carbonyl (C=O) groups excluding carboxylic acids is 1. The number of nitrogens with one attached hydrogen (secondary N) is 1. The molecule has 0 aliphatic rings. The highest BCUT2D eigenvalue weighted by atomic mass is 32.1. The predicted octanol–water partition coefficient (Wildman–Crippen LogP) is 2.32. The van der Waals surface area contributed by atoms with Crippen LogP contribution in [0.2, 0.25) is 0 Å². The molecule has 0 radical (unpaired) electrons. The number of nitrogens with two attached hydrogens (primary N) is 1. The maximum absolute atomic E-state index is 12.2. The molecule has 0 aliphatic carbocycles. The lowest BCUT2D eigenvalue weighted by atomic mass is 10.1. The van der Waals surface area contributed by atoms with Crippen LogP contribution in [0, 0.1) is 0 Å². The summed E-state index contributed by atoms with van der Waals surface area (Å²) < 4.78 is 10.3. The Morgan fingerprint density at radius 1 is 1.33 bits per heavy atom. The van der Waals surface area contributed by atoms with Gasteiger partial charge in [-0.15, -0.1) is 11.3 Å². The monoisotopic (exact) mass is 306 g/mol. The second-order valence-corrected chi connectivity index (χ2v) is 5.41. The number of carbonyl (C=O) groups is 1. The Bertz CT molecular complexity index is 612. The Kier molecular flexibility index (Phi) is 5.05. The third-order valence-electron chi connectivity index (χ3n) is 3.05. The number of anilines is 1. The van der Waals surface area contributed by atoms with Gasteiger partial charge in [0.2, 0.25) is 0 Å². The minimum absolute atomic E-state index is 0.235. The van der Waals surface area contributed by atoms with Crippen LogP contribution in [0.1, 0.15) is 15.2 Å². The summed E-state index contributed by atoms with van der Waals surface area (Å²) in [5.41, 5.74) is 6.62. The van der Waals surface area contributed by atoms with Gasteiger partial charge in [-0.1, -0.05) is 6.07 Å². The van der Waals surface area contributed by atoms with Crippen LogP contribution < -0.4 is 20.5 Å². The Balaban J connectivity index is 2.07. The molecule has 0 spiro atoms. The van der Waals surface area contributed by atoms with E-state index in [0.717, 1.165) is 6.42 Å². The smallest absolute Gasteiger partial charge is 0.253 e. The lowest BCUT2D eigenvalue weighted by Crippen LogP contribution is -2.26. The van der Waals surface area contributed by atoms with E-state index < -0.39 is 0 Å². The van der Waals surface area contributed by atoms with E-state index in [9.17, 15) is 4.79 Å². The van der Waals surface area contributed by atoms with Gasteiger partial charge in [-0.3, -0.25) is 4.79 Å². The number of amides is 1. The number of methoxy groups -OCH3 is 2. The molecule has 21 heavy (non-hydrogen) atoms. The van der Waals surface area contributed by atoms with Crippen LogP contribution in [0.3, 0.4) is 0 Å². The van der Waals surface area contributed by atoms with E-state index in [-0.39, 0.29) is 5.91 Å². The van der Waals surface area contributed by atoms with Crippen LogP contribution in [-0.2, 0) is 6.42 Å². The SMILES string of the molecule is COc1cc(OC)c(N)c(C(=O)NCCc2cccs2)c1. The zero-order valence-electron chi connectivity index (χ0n) is 12.0. The summed E-state index contributed by atoms with van der Waals surface area (Å²) in [5.74, 6) is 0.725. The van der Waals surface area contributed by atoms with Crippen molar-refractivity contribution in [3.8, 4) is 11.5 Å². The lowest BCUT2D eigenvalue weighted by molar-refractivity contribution is 0.0954. The first-order chi connectivity index (χ1) is 10.2. The van der Waals surface area contributed by atoms with E-state index in [2.05, 4.69) is 5.32 Å². The standard InChI is InChI=1S/C15H18N2O3S/c1-19-10-8-12(14(16)13(9-10)20-2)15(18)17-6-5-11-4-3-7-21-11/h3-4,7-9H,5-6,16H2,1-2H3,(H,17,18). The molecule has 1 aromatic carbocycles. The highest BCUT2D eigenvalue weighted by molar-refractivity contribution is 7.09. The van der Waals surface area contributed by atoms with E-state index in [1.165, 1.54) is 19.1 Å². The molecule has 1 amide bonds. The molecule has 1 aromatic heterocycles. The summed E-state index contributed by atoms with van der Waals surface area (Å²) in [6.45, 7) is 0.554. The number of hydrogen-bond donors (Lipinski definition) is 2. The van der Waals surface area contributed by atoms with Gasteiger partial charge in [0.25, 0.3) is 5.91 Å². The van der Waals surface area contributed by atoms with Crippen molar-refractivity contribution in [2.75, 3.05) is 26.5 Å². The van der Waals surface area contributed by atoms with Crippen molar-refractivity contribution in [3.63, 3.8) is 0 Å². The fourth-order valence-electron chi connectivity index (χ4n) is 1.93. The quantitative estimate of drug-likeness (QED) is 0.803. The summed E-state index contributed by atoms with van der Waals surface area (Å²) in [6.07, 6.45) is 0.796. The molecule has 2 rings (SSSR count). The highest BCUT2D eigenvalue weighted by Gasteiger charge is 2.15. The topological polar surface area (TPSA) is 73.6 Å². The molecule has 0 saturated carbocycles. The first-order valence-corrected chi connectivity index (χ1v) is 7.35. The molecule has 112 valence electrons. The van der Waals surface area contributed by atoms with Gasteiger partial charge in [0.05, 0.1) is 25.5 Å². The molecule has 0 atom stereocenters. The summed E-state index contributed by atoms with van der Waals surface area (Å²) in [6, 6.07) is 7.29. The van der Waals surface area contributed by atoms with Crippen LogP contribution in [0.15, 0.2) is 29.6 Å². The first-order valence-electron chi connectivity index (χ1n) is 6.47. The van der Waals surface area contributed by atoms with Gasteiger partial charge >= 0.3 is 0 Å². The number of ether oxygens (including phenoxy) is 2. The average molecular weight is 306 g/mol. The second-order valence-electron chi connectivity index (χ2n) is 4.38. The Labute approximate surface area is 127 Å². The third-order valence-corrected chi connectivity index (χ3v) is 3.99. The predicted molar refractivity (Wildman–Crippen MR) is 84.3 cm³/mol. The van der Waals surface area contributed by atoms with E-state index >= 15 is 0 Å². The molecule has 0 unspecified atom stereocenters. The summed E-state index contributed by atoms with van der Waals surface area (Å²) in [4.78, 5) is 13.5. The molecule has 1 heterocycles. The van der Waals surface area contributed by atoms with E-state index in [1.54, 1.807) is 23.5 Å². The zero-order chi connectivity index (χ0) is 15.2. The number of benzene rings is 1. The van der Waals surface area contributed by atoms with Gasteiger partial charge in [0.15, 0.2) is 0 Å². The van der Waals surface area contributed by atoms with Crippen molar-refractivity contribution in [1.82, 2.24) is 5.32 Å². The molecule has 5 nitrogen and oxygen atoms in total. The zero-order valence-corrected chi connectivity index (χ0v) is 12.8. The van der Waals surface area contributed by atoms with Crippen LogP contribution in [0.5, 0.6) is 11.5 Å². The van der Waals surface area contributed by atoms with Crippen molar-refractivity contribution < 1.29 is 14.3 Å².